The van der Waals surface area contributed by atoms with E-state index in [0.29, 0.717) is 18.5 Å². The molecule has 0 heterocycles. The van der Waals surface area contributed by atoms with Gasteiger partial charge in [-0.1, -0.05) is 13.8 Å². The van der Waals surface area contributed by atoms with Gasteiger partial charge in [0, 0.05) is 12.6 Å². The van der Waals surface area contributed by atoms with Crippen molar-refractivity contribution in [1.29, 1.82) is 0 Å². The molecular formula is C11H24N2O2. The lowest BCUT2D eigenvalue weighted by atomic mass is 10.0. The first-order valence-corrected chi connectivity index (χ1v) is 5.42. The quantitative estimate of drug-likeness (QED) is 0.669. The minimum atomic E-state index is -0.547. The minimum Gasteiger partial charge on any atom is -0.468 e. The molecule has 0 amide bonds. The Balaban J connectivity index is 4.00. The van der Waals surface area contributed by atoms with Crippen molar-refractivity contribution >= 4 is 5.97 Å². The summed E-state index contributed by atoms with van der Waals surface area (Å²) >= 11 is 0. The van der Waals surface area contributed by atoms with Gasteiger partial charge in [-0.3, -0.25) is 4.79 Å². The van der Waals surface area contributed by atoms with E-state index in [1.165, 1.54) is 7.11 Å². The van der Waals surface area contributed by atoms with Crippen LogP contribution in [-0.2, 0) is 9.53 Å². The number of methoxy groups -OCH3 is 1. The molecule has 0 rings (SSSR count). The fraction of sp³-hybridized carbons (Fsp3) is 0.909. The summed E-state index contributed by atoms with van der Waals surface area (Å²) < 4.78 is 4.58. The highest BCUT2D eigenvalue weighted by Crippen LogP contribution is 2.09. The Morgan fingerprint density at radius 3 is 2.33 bits per heavy atom. The predicted molar refractivity (Wildman–Crippen MR) is 61.5 cm³/mol. The lowest BCUT2D eigenvalue weighted by Crippen LogP contribution is -2.45. The van der Waals surface area contributed by atoms with Crippen LogP contribution in [0.1, 0.15) is 27.2 Å². The van der Waals surface area contributed by atoms with E-state index in [1.807, 2.05) is 7.05 Å². The topological polar surface area (TPSA) is 55.6 Å². The number of hydrogen-bond acceptors (Lipinski definition) is 4. The Morgan fingerprint density at radius 1 is 1.40 bits per heavy atom. The fourth-order valence-corrected chi connectivity index (χ4v) is 1.58. The molecule has 4 nitrogen and oxygen atoms in total. The number of rotatable bonds is 6. The van der Waals surface area contributed by atoms with Crippen LogP contribution in [0.4, 0.5) is 0 Å². The van der Waals surface area contributed by atoms with Gasteiger partial charge in [0.05, 0.1) is 7.11 Å². The third-order valence-electron chi connectivity index (χ3n) is 2.55. The van der Waals surface area contributed by atoms with Gasteiger partial charge in [0.15, 0.2) is 0 Å². The van der Waals surface area contributed by atoms with Crippen molar-refractivity contribution in [2.75, 3.05) is 20.7 Å². The normalized spacial score (nSPS) is 15.5. The first kappa shape index (κ1) is 14.4. The zero-order valence-electron chi connectivity index (χ0n) is 10.5. The van der Waals surface area contributed by atoms with Crippen LogP contribution in [-0.4, -0.2) is 43.7 Å². The van der Waals surface area contributed by atoms with E-state index in [9.17, 15) is 4.79 Å². The molecular weight excluding hydrogens is 192 g/mol. The molecule has 0 radical (unpaired) electrons. The van der Waals surface area contributed by atoms with Crippen LogP contribution in [0.5, 0.6) is 0 Å². The van der Waals surface area contributed by atoms with Crippen molar-refractivity contribution in [3.05, 3.63) is 0 Å². The molecule has 0 aromatic heterocycles. The summed E-state index contributed by atoms with van der Waals surface area (Å²) in [6, 6.07) is -0.115. The monoisotopic (exact) mass is 216 g/mol. The number of hydrogen-bond donors (Lipinski definition) is 1. The third kappa shape index (κ3) is 5.74. The van der Waals surface area contributed by atoms with Gasteiger partial charge in [0.1, 0.15) is 6.04 Å². The van der Waals surface area contributed by atoms with Crippen LogP contribution in [0.15, 0.2) is 0 Å². The molecule has 2 atom stereocenters. The van der Waals surface area contributed by atoms with Crippen molar-refractivity contribution in [3.63, 3.8) is 0 Å². The number of esters is 1. The molecule has 0 aromatic rings. The van der Waals surface area contributed by atoms with Crippen molar-refractivity contribution < 1.29 is 9.53 Å². The predicted octanol–water partition coefficient (Wildman–Crippen LogP) is 0.853. The number of nitrogens with zero attached hydrogens (tertiary/aromatic N) is 1. The summed E-state index contributed by atoms with van der Waals surface area (Å²) in [6.07, 6.45) is 1.10. The molecule has 0 bridgehead atoms. The van der Waals surface area contributed by atoms with E-state index < -0.39 is 6.04 Å². The lowest BCUT2D eigenvalue weighted by molar-refractivity contribution is -0.142. The molecule has 0 aromatic carbocycles. The first-order chi connectivity index (χ1) is 6.88. The standard InChI is InChI=1S/C11H24N2O2/c1-8(2)6-9(3)13(4)7-10(12)11(14)15-5/h8-10H,6-7,12H2,1-5H3. The third-order valence-corrected chi connectivity index (χ3v) is 2.55. The maximum atomic E-state index is 11.1. The second-order valence-electron chi connectivity index (χ2n) is 4.55. The first-order valence-electron chi connectivity index (χ1n) is 5.42. The molecule has 0 spiro atoms. The average molecular weight is 216 g/mol. The highest BCUT2D eigenvalue weighted by atomic mass is 16.5. The summed E-state index contributed by atoms with van der Waals surface area (Å²) in [5.74, 6) is 0.301. The van der Waals surface area contributed by atoms with Gasteiger partial charge in [-0.25, -0.2) is 0 Å². The molecule has 90 valence electrons. The summed E-state index contributed by atoms with van der Waals surface area (Å²) in [5, 5.41) is 0. The molecule has 2 unspecified atom stereocenters. The van der Waals surface area contributed by atoms with Gasteiger partial charge >= 0.3 is 5.97 Å². The SMILES string of the molecule is COC(=O)C(N)CN(C)C(C)CC(C)C. The maximum absolute atomic E-state index is 11.1. The van der Waals surface area contributed by atoms with Gasteiger partial charge < -0.3 is 15.4 Å². The number of carbonyl (C=O) groups is 1. The van der Waals surface area contributed by atoms with E-state index in [1.54, 1.807) is 0 Å². The van der Waals surface area contributed by atoms with Gasteiger partial charge in [-0.2, -0.15) is 0 Å². The smallest absolute Gasteiger partial charge is 0.323 e. The van der Waals surface area contributed by atoms with Gasteiger partial charge in [0.25, 0.3) is 0 Å². The molecule has 0 aliphatic rings. The van der Waals surface area contributed by atoms with E-state index >= 15 is 0 Å². The number of ether oxygens (including phenoxy) is 1. The molecule has 0 saturated heterocycles. The second-order valence-corrected chi connectivity index (χ2v) is 4.55. The van der Waals surface area contributed by atoms with E-state index in [4.69, 9.17) is 5.73 Å². The molecule has 0 saturated carbocycles. The van der Waals surface area contributed by atoms with Crippen LogP contribution >= 0.6 is 0 Å². The summed E-state index contributed by atoms with van der Waals surface area (Å²) in [7, 11) is 3.34. The van der Waals surface area contributed by atoms with Crippen molar-refractivity contribution in [1.82, 2.24) is 4.90 Å². The second kappa shape index (κ2) is 6.80. The highest BCUT2D eigenvalue weighted by molar-refractivity contribution is 5.75. The maximum Gasteiger partial charge on any atom is 0.323 e. The molecule has 0 aliphatic carbocycles. The molecule has 15 heavy (non-hydrogen) atoms. The number of likely N-dealkylation sites (N-methyl/N-ethyl adjacent to an activating group) is 1. The average Bonchev–Trinajstić information content (AvgIpc) is 2.15. The summed E-state index contributed by atoms with van der Waals surface area (Å²) in [6.45, 7) is 7.06. The van der Waals surface area contributed by atoms with Gasteiger partial charge in [-0.05, 0) is 26.3 Å². The van der Waals surface area contributed by atoms with E-state index in [0.717, 1.165) is 6.42 Å². The zero-order chi connectivity index (χ0) is 12.0. The Hall–Kier alpha value is -0.610. The van der Waals surface area contributed by atoms with Crippen molar-refractivity contribution in [3.8, 4) is 0 Å². The summed E-state index contributed by atoms with van der Waals surface area (Å²) in [5.41, 5.74) is 5.68. The zero-order valence-corrected chi connectivity index (χ0v) is 10.5. The molecule has 2 N–H and O–H groups in total. The lowest BCUT2D eigenvalue weighted by Gasteiger charge is -2.27. The van der Waals surface area contributed by atoms with E-state index in [-0.39, 0.29) is 5.97 Å². The number of nitrogens with two attached hydrogens (primary N) is 1. The highest BCUT2D eigenvalue weighted by Gasteiger charge is 2.19. The summed E-state index contributed by atoms with van der Waals surface area (Å²) in [4.78, 5) is 13.2. The van der Waals surface area contributed by atoms with E-state index in [2.05, 4.69) is 30.4 Å². The van der Waals surface area contributed by atoms with Crippen molar-refractivity contribution in [2.45, 2.75) is 39.3 Å². The van der Waals surface area contributed by atoms with Crippen LogP contribution in [0.25, 0.3) is 0 Å². The Kier molecular flexibility index (Phi) is 6.52. The Morgan fingerprint density at radius 2 is 1.93 bits per heavy atom. The Bertz CT molecular complexity index is 195. The Labute approximate surface area is 92.8 Å². The minimum absolute atomic E-state index is 0.349. The fourth-order valence-electron chi connectivity index (χ4n) is 1.58. The van der Waals surface area contributed by atoms with Gasteiger partial charge in [0.2, 0.25) is 0 Å². The van der Waals surface area contributed by atoms with Crippen LogP contribution in [0.3, 0.4) is 0 Å². The molecule has 0 aliphatic heterocycles. The largest absolute Gasteiger partial charge is 0.468 e. The number of carbonyl (C=O) groups excluding carboxylic acids is 1. The molecule has 4 heteroatoms. The van der Waals surface area contributed by atoms with Crippen LogP contribution < -0.4 is 5.73 Å². The molecule has 0 fully saturated rings. The van der Waals surface area contributed by atoms with Crippen LogP contribution in [0.2, 0.25) is 0 Å². The van der Waals surface area contributed by atoms with Gasteiger partial charge in [-0.15, -0.1) is 0 Å². The van der Waals surface area contributed by atoms with Crippen molar-refractivity contribution in [2.24, 2.45) is 11.7 Å². The van der Waals surface area contributed by atoms with Crippen LogP contribution in [0, 0.1) is 5.92 Å².